The summed E-state index contributed by atoms with van der Waals surface area (Å²) in [7, 11) is 0. The van der Waals surface area contributed by atoms with Gasteiger partial charge in [0.05, 0.1) is 5.52 Å². The minimum atomic E-state index is 0.178. The van der Waals surface area contributed by atoms with Gasteiger partial charge in [-0.3, -0.25) is 4.79 Å². The number of hydrogen-bond donors (Lipinski definition) is 1. The van der Waals surface area contributed by atoms with E-state index in [-0.39, 0.29) is 5.92 Å². The Morgan fingerprint density at radius 1 is 1.14 bits per heavy atom. The first-order valence-corrected chi connectivity index (χ1v) is 13.0. The van der Waals surface area contributed by atoms with Crippen LogP contribution >= 0.6 is 0 Å². The average molecular weight is 476 g/mol. The number of nitrogens with zero attached hydrogens (tertiary/aromatic N) is 4. The molecule has 5 rings (SSSR count). The number of ether oxygens (including phenoxy) is 1. The first kappa shape index (κ1) is 23.8. The van der Waals surface area contributed by atoms with Crippen molar-refractivity contribution in [2.45, 2.75) is 65.5 Å². The molecule has 1 aliphatic carbocycles. The fourth-order valence-corrected chi connectivity index (χ4v) is 5.62. The summed E-state index contributed by atoms with van der Waals surface area (Å²) in [5.74, 6) is 2.94. The van der Waals surface area contributed by atoms with Crippen molar-refractivity contribution in [2.75, 3.05) is 25.4 Å². The van der Waals surface area contributed by atoms with Crippen LogP contribution in [0.2, 0.25) is 0 Å². The first-order valence-electron chi connectivity index (χ1n) is 13.0. The van der Waals surface area contributed by atoms with Crippen LogP contribution in [0.1, 0.15) is 61.2 Å². The number of aromatic nitrogens is 3. The Morgan fingerprint density at radius 3 is 2.60 bits per heavy atom. The smallest absolute Gasteiger partial charge is 0.226 e. The Hall–Kier alpha value is -2.93. The lowest BCUT2D eigenvalue weighted by Crippen LogP contribution is -2.39. The number of imidazole rings is 1. The lowest BCUT2D eigenvalue weighted by molar-refractivity contribution is -0.134. The van der Waals surface area contributed by atoms with Crippen LogP contribution in [0.4, 0.5) is 5.82 Å². The van der Waals surface area contributed by atoms with Gasteiger partial charge < -0.3 is 19.9 Å². The van der Waals surface area contributed by atoms with Crippen LogP contribution in [-0.4, -0.2) is 45.0 Å². The van der Waals surface area contributed by atoms with E-state index in [9.17, 15) is 4.79 Å². The number of nitrogen functional groups attached to an aromatic ring is 1. The van der Waals surface area contributed by atoms with Gasteiger partial charge in [0, 0.05) is 37.9 Å². The van der Waals surface area contributed by atoms with Gasteiger partial charge in [0.15, 0.2) is 5.82 Å². The number of nitrogens with two attached hydrogens (primary N) is 1. The number of pyridine rings is 1. The van der Waals surface area contributed by atoms with E-state index >= 15 is 0 Å². The van der Waals surface area contributed by atoms with Gasteiger partial charge in [-0.05, 0) is 69.4 Å². The topological polar surface area (TPSA) is 86.3 Å². The lowest BCUT2D eigenvalue weighted by atomic mass is 9.93. The molecule has 2 atom stereocenters. The maximum absolute atomic E-state index is 13.1. The number of hydrogen-bond acceptors (Lipinski definition) is 5. The predicted octanol–water partition coefficient (Wildman–Crippen LogP) is 4.60. The third kappa shape index (κ3) is 4.79. The van der Waals surface area contributed by atoms with E-state index < -0.39 is 0 Å². The maximum Gasteiger partial charge on any atom is 0.226 e. The summed E-state index contributed by atoms with van der Waals surface area (Å²) in [6, 6.07) is 10.5. The highest BCUT2D eigenvalue weighted by molar-refractivity contribution is 5.88. The standard InChI is InChI=1S/C28H37N5O2/c1-4-35-17-24-31-25-26(18(2)19(3)30-27(25)29)33(24)15-12-20-10-13-32(14-11-20)28(34)23-16-22(23)21-8-6-5-7-9-21/h5-9,20,22-23H,4,10-17H2,1-3H3,(H2,29,30)/t22-,23+/m0/s1. The molecule has 1 amide bonds. The minimum Gasteiger partial charge on any atom is -0.382 e. The second-order valence-corrected chi connectivity index (χ2v) is 10.1. The molecular weight excluding hydrogens is 438 g/mol. The molecule has 0 spiro atoms. The first-order chi connectivity index (χ1) is 17.0. The molecule has 2 fully saturated rings. The molecule has 3 heterocycles. The van der Waals surface area contributed by atoms with E-state index in [1.807, 2.05) is 19.9 Å². The average Bonchev–Trinajstić information content (AvgIpc) is 3.59. The highest BCUT2D eigenvalue weighted by atomic mass is 16.5. The number of piperidine rings is 1. The SMILES string of the molecule is CCOCc1nc2c(N)nc(C)c(C)c2n1CCC1CCN(C(=O)[C@@H]2C[C@H]2c2ccccc2)CC1. The summed E-state index contributed by atoms with van der Waals surface area (Å²) < 4.78 is 8.00. The molecule has 0 unspecified atom stereocenters. The third-order valence-corrected chi connectivity index (χ3v) is 7.93. The molecule has 3 aromatic rings. The zero-order valence-corrected chi connectivity index (χ0v) is 21.2. The fourth-order valence-electron chi connectivity index (χ4n) is 5.62. The number of carbonyl (C=O) groups is 1. The number of likely N-dealkylation sites (tertiary alicyclic amines) is 1. The second-order valence-electron chi connectivity index (χ2n) is 10.1. The van der Waals surface area contributed by atoms with Crippen molar-refractivity contribution >= 4 is 22.8 Å². The van der Waals surface area contributed by atoms with Gasteiger partial charge in [-0.2, -0.15) is 0 Å². The van der Waals surface area contributed by atoms with E-state index in [1.54, 1.807) is 0 Å². The Balaban J connectivity index is 1.21. The molecule has 1 saturated carbocycles. The van der Waals surface area contributed by atoms with Gasteiger partial charge in [-0.1, -0.05) is 30.3 Å². The summed E-state index contributed by atoms with van der Waals surface area (Å²) in [6.07, 6.45) is 4.17. The maximum atomic E-state index is 13.1. The quantitative estimate of drug-likeness (QED) is 0.515. The van der Waals surface area contributed by atoms with Crippen LogP contribution in [0, 0.1) is 25.7 Å². The number of carbonyl (C=O) groups excluding carboxylic acids is 1. The number of aryl methyl sites for hydroxylation is 3. The summed E-state index contributed by atoms with van der Waals surface area (Å²) >= 11 is 0. The van der Waals surface area contributed by atoms with Crippen molar-refractivity contribution in [1.82, 2.24) is 19.4 Å². The molecule has 0 radical (unpaired) electrons. The Labute approximate surface area is 207 Å². The van der Waals surface area contributed by atoms with Crippen LogP contribution in [0.25, 0.3) is 11.0 Å². The van der Waals surface area contributed by atoms with Gasteiger partial charge in [0.1, 0.15) is 17.9 Å². The van der Waals surface area contributed by atoms with Gasteiger partial charge in [0.25, 0.3) is 0 Å². The minimum absolute atomic E-state index is 0.178. The lowest BCUT2D eigenvalue weighted by Gasteiger charge is -2.32. The Morgan fingerprint density at radius 2 is 1.89 bits per heavy atom. The van der Waals surface area contributed by atoms with Crippen LogP contribution in [0.15, 0.2) is 30.3 Å². The molecule has 0 bridgehead atoms. The molecule has 1 aromatic carbocycles. The third-order valence-electron chi connectivity index (χ3n) is 7.93. The largest absolute Gasteiger partial charge is 0.382 e. The molecule has 1 saturated heterocycles. The Bertz CT molecular complexity index is 1200. The predicted molar refractivity (Wildman–Crippen MR) is 138 cm³/mol. The molecule has 186 valence electrons. The van der Waals surface area contributed by atoms with Crippen molar-refractivity contribution in [3.8, 4) is 0 Å². The number of anilines is 1. The van der Waals surface area contributed by atoms with Crippen molar-refractivity contribution in [2.24, 2.45) is 11.8 Å². The van der Waals surface area contributed by atoms with Gasteiger partial charge >= 0.3 is 0 Å². The number of fused-ring (bicyclic) bond motifs is 1. The van der Waals surface area contributed by atoms with E-state index in [4.69, 9.17) is 15.5 Å². The molecule has 2 aliphatic rings. The van der Waals surface area contributed by atoms with Crippen molar-refractivity contribution < 1.29 is 9.53 Å². The molecule has 2 aromatic heterocycles. The highest BCUT2D eigenvalue weighted by Crippen LogP contribution is 2.48. The molecule has 7 heteroatoms. The molecular formula is C28H37N5O2. The van der Waals surface area contributed by atoms with Crippen molar-refractivity contribution in [3.63, 3.8) is 0 Å². The van der Waals surface area contributed by atoms with Crippen LogP contribution in [0.3, 0.4) is 0 Å². The zero-order chi connectivity index (χ0) is 24.5. The van der Waals surface area contributed by atoms with Gasteiger partial charge in [-0.25, -0.2) is 9.97 Å². The monoisotopic (exact) mass is 475 g/mol. The summed E-state index contributed by atoms with van der Waals surface area (Å²) in [4.78, 5) is 24.5. The number of amides is 1. The van der Waals surface area contributed by atoms with Gasteiger partial charge in [-0.15, -0.1) is 0 Å². The molecule has 2 N–H and O–H groups in total. The molecule has 35 heavy (non-hydrogen) atoms. The number of benzene rings is 1. The van der Waals surface area contributed by atoms with Crippen LogP contribution in [-0.2, 0) is 22.7 Å². The zero-order valence-electron chi connectivity index (χ0n) is 21.2. The highest BCUT2D eigenvalue weighted by Gasteiger charge is 2.46. The normalized spacial score (nSPS) is 20.5. The van der Waals surface area contributed by atoms with Crippen molar-refractivity contribution in [3.05, 3.63) is 53.0 Å². The fraction of sp³-hybridized carbons (Fsp3) is 0.536. The summed E-state index contributed by atoms with van der Waals surface area (Å²) in [5.41, 5.74) is 11.5. The van der Waals surface area contributed by atoms with Crippen LogP contribution in [0.5, 0.6) is 0 Å². The summed E-state index contributed by atoms with van der Waals surface area (Å²) in [6.45, 7) is 9.82. The Kier molecular flexibility index (Phi) is 6.78. The van der Waals surface area contributed by atoms with E-state index in [0.717, 1.165) is 73.4 Å². The summed E-state index contributed by atoms with van der Waals surface area (Å²) in [5, 5.41) is 0. The van der Waals surface area contributed by atoms with Gasteiger partial charge in [0.2, 0.25) is 5.91 Å². The molecule has 1 aliphatic heterocycles. The molecule has 7 nitrogen and oxygen atoms in total. The van der Waals surface area contributed by atoms with Crippen molar-refractivity contribution in [1.29, 1.82) is 0 Å². The second kappa shape index (κ2) is 9.97. The van der Waals surface area contributed by atoms with E-state index in [2.05, 4.69) is 45.6 Å². The number of rotatable bonds is 8. The van der Waals surface area contributed by atoms with Crippen LogP contribution < -0.4 is 5.73 Å². The van der Waals surface area contributed by atoms with E-state index in [1.165, 1.54) is 5.56 Å². The van der Waals surface area contributed by atoms with E-state index in [0.29, 0.717) is 36.8 Å².